The maximum Gasteiger partial charge on any atom is 0.220 e. The van der Waals surface area contributed by atoms with Crippen LogP contribution in [-0.2, 0) is 4.79 Å². The Labute approximate surface area is 163 Å². The van der Waals surface area contributed by atoms with Crippen molar-refractivity contribution < 1.29 is 15.0 Å². The molecule has 1 saturated carbocycles. The molecule has 1 aliphatic rings. The molecule has 0 aromatic carbocycles. The van der Waals surface area contributed by atoms with Gasteiger partial charge in [0.2, 0.25) is 11.7 Å². The molecule has 150 valence electrons. The molecule has 0 unspecified atom stereocenters. The van der Waals surface area contributed by atoms with Crippen molar-refractivity contribution in [2.24, 2.45) is 0 Å². The molecule has 1 amide bonds. The van der Waals surface area contributed by atoms with Crippen molar-refractivity contribution in [2.45, 2.75) is 70.2 Å². The van der Waals surface area contributed by atoms with E-state index >= 15 is 0 Å². The summed E-state index contributed by atoms with van der Waals surface area (Å²) in [5.74, 6) is 6.29. The van der Waals surface area contributed by atoms with E-state index in [4.69, 9.17) is 5.73 Å². The van der Waals surface area contributed by atoms with Gasteiger partial charge in [-0.15, -0.1) is 0 Å². The van der Waals surface area contributed by atoms with Crippen molar-refractivity contribution in [3.63, 3.8) is 0 Å². The molecule has 2 aromatic heterocycles. The van der Waals surface area contributed by atoms with Gasteiger partial charge in [-0.05, 0) is 18.8 Å². The largest absolute Gasteiger partial charge is 0.388 e. The van der Waals surface area contributed by atoms with Crippen molar-refractivity contribution in [3.8, 4) is 11.8 Å². The summed E-state index contributed by atoms with van der Waals surface area (Å²) in [4.78, 5) is 24.6. The second-order valence-corrected chi connectivity index (χ2v) is 6.97. The molecule has 1 fully saturated rings. The van der Waals surface area contributed by atoms with Gasteiger partial charge in [0.1, 0.15) is 17.7 Å². The lowest BCUT2D eigenvalue weighted by atomic mass is 10.2. The number of anilines is 1. The van der Waals surface area contributed by atoms with Gasteiger partial charge in [-0.2, -0.15) is 0 Å². The number of fused-ring (bicyclic) bond motifs is 1. The second kappa shape index (κ2) is 8.54. The first-order valence-corrected chi connectivity index (χ1v) is 9.60. The van der Waals surface area contributed by atoms with E-state index in [1.807, 2.05) is 0 Å². The van der Waals surface area contributed by atoms with Crippen LogP contribution in [0.1, 0.15) is 57.8 Å². The number of hydrogen-bond acceptors (Lipinski definition) is 7. The Balaban J connectivity index is 1.91. The van der Waals surface area contributed by atoms with Crippen LogP contribution in [0.25, 0.3) is 11.2 Å². The van der Waals surface area contributed by atoms with Gasteiger partial charge in [0, 0.05) is 12.8 Å². The minimum atomic E-state index is -1.08. The van der Waals surface area contributed by atoms with E-state index in [1.165, 1.54) is 6.33 Å². The number of aliphatic hydroxyl groups is 2. The van der Waals surface area contributed by atoms with E-state index in [-0.39, 0.29) is 11.7 Å². The third kappa shape index (κ3) is 3.93. The predicted molar refractivity (Wildman–Crippen MR) is 104 cm³/mol. The monoisotopic (exact) mass is 386 g/mol. The molecule has 3 rings (SSSR count). The zero-order valence-corrected chi connectivity index (χ0v) is 16.1. The lowest BCUT2D eigenvalue weighted by Gasteiger charge is -2.18. The number of nitrogen functional groups attached to an aromatic ring is 1. The van der Waals surface area contributed by atoms with Crippen LogP contribution in [0.2, 0.25) is 0 Å². The summed E-state index contributed by atoms with van der Waals surface area (Å²) in [7, 11) is 0. The third-order valence-corrected chi connectivity index (χ3v) is 4.98. The van der Waals surface area contributed by atoms with Gasteiger partial charge in [0.15, 0.2) is 11.5 Å². The molecule has 0 saturated heterocycles. The van der Waals surface area contributed by atoms with Crippen molar-refractivity contribution in [2.75, 3.05) is 5.73 Å². The maximum atomic E-state index is 11.7. The fraction of sp³-hybridized carbons (Fsp3) is 0.579. The topological polar surface area (TPSA) is 139 Å². The molecule has 0 radical (unpaired) electrons. The molecule has 28 heavy (non-hydrogen) atoms. The minimum Gasteiger partial charge on any atom is -0.388 e. The average Bonchev–Trinajstić information content (AvgIpc) is 3.22. The average molecular weight is 386 g/mol. The molecule has 9 heteroatoms. The first-order valence-electron chi connectivity index (χ1n) is 9.60. The first-order chi connectivity index (χ1) is 13.5. The first kappa shape index (κ1) is 20.0. The van der Waals surface area contributed by atoms with Crippen LogP contribution in [0.3, 0.4) is 0 Å². The number of aliphatic hydroxyl groups excluding tert-OH is 2. The van der Waals surface area contributed by atoms with Crippen LogP contribution in [-0.4, -0.2) is 53.9 Å². The van der Waals surface area contributed by atoms with Gasteiger partial charge < -0.3 is 25.8 Å². The number of rotatable bonds is 5. The van der Waals surface area contributed by atoms with Crippen molar-refractivity contribution in [1.82, 2.24) is 24.8 Å². The Bertz CT molecular complexity index is 916. The fourth-order valence-corrected chi connectivity index (χ4v) is 3.38. The normalized spacial score (nSPS) is 24.1. The van der Waals surface area contributed by atoms with Gasteiger partial charge in [-0.25, -0.2) is 15.0 Å². The Hall–Kier alpha value is -2.70. The highest BCUT2D eigenvalue weighted by molar-refractivity contribution is 5.82. The van der Waals surface area contributed by atoms with Gasteiger partial charge >= 0.3 is 0 Å². The molecule has 5 N–H and O–H groups in total. The van der Waals surface area contributed by atoms with Crippen LogP contribution in [0, 0.1) is 11.8 Å². The summed E-state index contributed by atoms with van der Waals surface area (Å²) >= 11 is 0. The summed E-state index contributed by atoms with van der Waals surface area (Å²) in [6.07, 6.45) is 2.84. The summed E-state index contributed by atoms with van der Waals surface area (Å²) in [5.41, 5.74) is 6.88. The van der Waals surface area contributed by atoms with Crippen LogP contribution in [0.15, 0.2) is 6.33 Å². The van der Waals surface area contributed by atoms with Crippen LogP contribution >= 0.6 is 0 Å². The predicted octanol–water partition coefficient (Wildman–Crippen LogP) is 0.512. The number of hydrogen-bond donors (Lipinski definition) is 4. The van der Waals surface area contributed by atoms with Gasteiger partial charge in [0.05, 0.1) is 18.4 Å². The molecular formula is C19H26N6O3. The minimum absolute atomic E-state index is 0.177. The van der Waals surface area contributed by atoms with Crippen LogP contribution < -0.4 is 11.1 Å². The third-order valence-electron chi connectivity index (χ3n) is 4.98. The number of carbonyl (C=O) groups excluding carboxylic acids is 1. The summed E-state index contributed by atoms with van der Waals surface area (Å²) < 4.78 is 1.68. The molecular weight excluding hydrogens is 360 g/mol. The molecule has 0 bridgehead atoms. The Morgan fingerprint density at radius 3 is 2.86 bits per heavy atom. The van der Waals surface area contributed by atoms with Gasteiger partial charge in [0.25, 0.3) is 0 Å². The lowest BCUT2D eigenvalue weighted by Crippen LogP contribution is -2.42. The maximum absolute atomic E-state index is 11.7. The SMILES string of the molecule is CCCCC#Cc1nc(N)c2ncn([C@@H]3C[C@H](NC(=O)CC)[C@@H](O)[C@H]3O)c2n1. The number of nitrogens with two attached hydrogens (primary N) is 1. The quantitative estimate of drug-likeness (QED) is 0.434. The number of nitrogens with one attached hydrogen (secondary N) is 1. The molecule has 2 aromatic rings. The van der Waals surface area contributed by atoms with Crippen LogP contribution in [0.5, 0.6) is 0 Å². The zero-order chi connectivity index (χ0) is 20.3. The van der Waals surface area contributed by atoms with E-state index < -0.39 is 24.3 Å². The van der Waals surface area contributed by atoms with Gasteiger partial charge in [-0.3, -0.25) is 4.79 Å². The molecule has 9 nitrogen and oxygen atoms in total. The Morgan fingerprint density at radius 1 is 1.36 bits per heavy atom. The number of unbranched alkanes of at least 4 members (excludes halogenated alkanes) is 2. The van der Waals surface area contributed by atoms with Gasteiger partial charge in [-0.1, -0.05) is 26.2 Å². The number of nitrogens with zero attached hydrogens (tertiary/aromatic N) is 4. The van der Waals surface area contributed by atoms with Crippen LogP contribution in [0.4, 0.5) is 5.82 Å². The van der Waals surface area contributed by atoms with E-state index in [0.717, 1.165) is 19.3 Å². The zero-order valence-electron chi connectivity index (χ0n) is 16.1. The second-order valence-electron chi connectivity index (χ2n) is 6.97. The lowest BCUT2D eigenvalue weighted by molar-refractivity contribution is -0.122. The number of amides is 1. The fourth-order valence-electron chi connectivity index (χ4n) is 3.38. The van der Waals surface area contributed by atoms with Crippen molar-refractivity contribution in [1.29, 1.82) is 0 Å². The molecule has 2 heterocycles. The highest BCUT2D eigenvalue weighted by Gasteiger charge is 2.43. The highest BCUT2D eigenvalue weighted by atomic mass is 16.3. The Kier molecular flexibility index (Phi) is 6.11. The van der Waals surface area contributed by atoms with E-state index in [1.54, 1.807) is 11.5 Å². The summed E-state index contributed by atoms with van der Waals surface area (Å²) in [6, 6.07) is -1.05. The molecule has 0 spiro atoms. The summed E-state index contributed by atoms with van der Waals surface area (Å²) in [5, 5.41) is 23.6. The smallest absolute Gasteiger partial charge is 0.220 e. The number of imidazole rings is 1. The van der Waals surface area contributed by atoms with E-state index in [2.05, 4.69) is 39.0 Å². The van der Waals surface area contributed by atoms with E-state index in [0.29, 0.717) is 29.8 Å². The molecule has 4 atom stereocenters. The standard InChI is InChI=1S/C19H26N6O3/c1-3-5-6-7-8-13-23-18(20)15-19(24-13)25(10-21-15)12-9-11(16(27)17(12)28)22-14(26)4-2/h10-12,16-17,27-28H,3-6,9H2,1-2H3,(H,22,26)(H2,20,23,24)/t11-,12+,16+,17-/m0/s1. The Morgan fingerprint density at radius 2 is 2.14 bits per heavy atom. The van der Waals surface area contributed by atoms with E-state index in [9.17, 15) is 15.0 Å². The number of carbonyl (C=O) groups is 1. The summed E-state index contributed by atoms with van der Waals surface area (Å²) in [6.45, 7) is 3.83. The van der Waals surface area contributed by atoms with Crippen molar-refractivity contribution in [3.05, 3.63) is 12.2 Å². The van der Waals surface area contributed by atoms with Crippen molar-refractivity contribution >= 4 is 22.9 Å². The molecule has 0 aliphatic heterocycles. The highest BCUT2D eigenvalue weighted by Crippen LogP contribution is 2.33. The molecule has 1 aliphatic carbocycles. The number of aromatic nitrogens is 4.